The predicted molar refractivity (Wildman–Crippen MR) is 107 cm³/mol. The van der Waals surface area contributed by atoms with E-state index < -0.39 is 4.84 Å². The molecule has 0 spiro atoms. The zero-order valence-electron chi connectivity index (χ0n) is 15.4. The predicted octanol–water partition coefficient (Wildman–Crippen LogP) is 7.42. The van der Waals surface area contributed by atoms with Gasteiger partial charge in [-0.2, -0.15) is 0 Å². The molecular formula is C21H27FS2. The third-order valence-electron chi connectivity index (χ3n) is 3.90. The zero-order chi connectivity index (χ0) is 18.0. The molecule has 0 heterocycles. The molecule has 2 aromatic rings. The molecule has 0 atom stereocenters. The van der Waals surface area contributed by atoms with E-state index in [4.69, 9.17) is 0 Å². The van der Waals surface area contributed by atoms with Gasteiger partial charge in [0, 0.05) is 9.79 Å². The molecule has 0 nitrogen and oxygen atoms in total. The molecule has 2 rings (SSSR count). The minimum absolute atomic E-state index is 0.127. The van der Waals surface area contributed by atoms with Crippen LogP contribution in [-0.4, -0.2) is 4.84 Å². The van der Waals surface area contributed by atoms with Crippen molar-refractivity contribution in [2.45, 2.75) is 67.0 Å². The van der Waals surface area contributed by atoms with Gasteiger partial charge in [0.1, 0.15) is 0 Å². The van der Waals surface area contributed by atoms with Gasteiger partial charge in [0.25, 0.3) is 0 Å². The summed E-state index contributed by atoms with van der Waals surface area (Å²) < 4.78 is 14.4. The topological polar surface area (TPSA) is 0 Å². The Morgan fingerprint density at radius 2 is 0.917 bits per heavy atom. The summed E-state index contributed by atoms with van der Waals surface area (Å²) in [4.78, 5) is 0.926. The van der Waals surface area contributed by atoms with E-state index >= 15 is 0 Å². The average molecular weight is 363 g/mol. The molecule has 0 aliphatic carbocycles. The van der Waals surface area contributed by atoms with Crippen LogP contribution < -0.4 is 0 Å². The second-order valence-corrected chi connectivity index (χ2v) is 10.6. The lowest BCUT2D eigenvalue weighted by atomic mass is 9.87. The van der Waals surface area contributed by atoms with Gasteiger partial charge < -0.3 is 0 Å². The maximum Gasteiger partial charge on any atom is 0.200 e. The van der Waals surface area contributed by atoms with Crippen molar-refractivity contribution in [3.8, 4) is 0 Å². The second-order valence-electron chi connectivity index (χ2n) is 8.06. The number of hydrogen-bond acceptors (Lipinski definition) is 2. The van der Waals surface area contributed by atoms with Gasteiger partial charge in [-0.3, -0.25) is 0 Å². The van der Waals surface area contributed by atoms with E-state index in [1.165, 1.54) is 34.7 Å². The normalized spacial score (nSPS) is 12.7. The molecule has 0 unspecified atom stereocenters. The van der Waals surface area contributed by atoms with E-state index in [2.05, 4.69) is 65.8 Å². The molecule has 0 aromatic heterocycles. The Hall–Kier alpha value is -0.930. The maximum absolute atomic E-state index is 14.4. The molecular weight excluding hydrogens is 335 g/mol. The van der Waals surface area contributed by atoms with Crippen LogP contribution in [0, 0.1) is 0 Å². The van der Waals surface area contributed by atoms with Crippen LogP contribution in [-0.2, 0) is 10.8 Å². The summed E-state index contributed by atoms with van der Waals surface area (Å²) in [5, 5.41) is 0. The minimum Gasteiger partial charge on any atom is -0.223 e. The molecule has 130 valence electrons. The molecule has 0 bridgehead atoms. The molecule has 0 saturated carbocycles. The lowest BCUT2D eigenvalue weighted by molar-refractivity contribution is 0.567. The van der Waals surface area contributed by atoms with Gasteiger partial charge in [0.15, 0.2) is 0 Å². The Balaban J connectivity index is 1.97. The lowest BCUT2D eigenvalue weighted by Gasteiger charge is -2.19. The fourth-order valence-corrected chi connectivity index (χ4v) is 4.18. The van der Waals surface area contributed by atoms with Crippen LogP contribution in [0.3, 0.4) is 0 Å². The van der Waals surface area contributed by atoms with Crippen LogP contribution in [0.2, 0.25) is 0 Å². The molecule has 0 aliphatic heterocycles. The monoisotopic (exact) mass is 362 g/mol. The second kappa shape index (κ2) is 7.53. The highest BCUT2D eigenvalue weighted by Crippen LogP contribution is 2.37. The summed E-state index contributed by atoms with van der Waals surface area (Å²) >= 11 is 2.53. The molecule has 0 fully saturated rings. The Morgan fingerprint density at radius 3 is 1.17 bits per heavy atom. The van der Waals surface area contributed by atoms with Gasteiger partial charge >= 0.3 is 0 Å². The fourth-order valence-electron chi connectivity index (χ4n) is 2.31. The summed E-state index contributed by atoms with van der Waals surface area (Å²) in [6, 6.07) is 16.4. The zero-order valence-corrected chi connectivity index (χ0v) is 17.0. The number of rotatable bonds is 4. The van der Waals surface area contributed by atoms with Gasteiger partial charge in [0.2, 0.25) is 4.84 Å². The molecule has 0 radical (unpaired) electrons. The van der Waals surface area contributed by atoms with E-state index in [0.717, 1.165) is 9.79 Å². The van der Waals surface area contributed by atoms with Gasteiger partial charge in [-0.25, -0.2) is 4.39 Å². The number of halogens is 1. The SMILES string of the molecule is CC(C)(C)c1ccc(SC(F)Sc2ccc(C(C)(C)C)cc2)cc1. The van der Waals surface area contributed by atoms with Gasteiger partial charge in [-0.05, 0) is 46.2 Å². The Kier molecular flexibility index (Phi) is 6.09. The molecule has 0 N–H and O–H groups in total. The Bertz CT molecular complexity index is 587. The van der Waals surface area contributed by atoms with Crippen molar-refractivity contribution in [2.24, 2.45) is 0 Å². The number of hydrogen-bond donors (Lipinski definition) is 0. The molecule has 3 heteroatoms. The summed E-state index contributed by atoms with van der Waals surface area (Å²) in [5.74, 6) is 0. The van der Waals surface area contributed by atoms with Crippen molar-refractivity contribution in [2.75, 3.05) is 0 Å². The lowest BCUT2D eigenvalue weighted by Crippen LogP contribution is -2.10. The molecule has 24 heavy (non-hydrogen) atoms. The highest BCUT2D eigenvalue weighted by molar-refractivity contribution is 8.16. The van der Waals surface area contributed by atoms with Crippen molar-refractivity contribution < 1.29 is 4.39 Å². The maximum atomic E-state index is 14.4. The van der Waals surface area contributed by atoms with E-state index in [1.807, 2.05) is 24.3 Å². The van der Waals surface area contributed by atoms with E-state index in [-0.39, 0.29) is 10.8 Å². The largest absolute Gasteiger partial charge is 0.223 e. The summed E-state index contributed by atoms with van der Waals surface area (Å²) in [5.41, 5.74) is 2.80. The van der Waals surface area contributed by atoms with E-state index in [0.29, 0.717) is 0 Å². The first-order valence-corrected chi connectivity index (χ1v) is 10.00. The van der Waals surface area contributed by atoms with Crippen LogP contribution in [0.25, 0.3) is 0 Å². The van der Waals surface area contributed by atoms with Gasteiger partial charge in [-0.15, -0.1) is 0 Å². The van der Waals surface area contributed by atoms with Crippen molar-refractivity contribution in [3.05, 3.63) is 59.7 Å². The number of benzene rings is 2. The number of thioether (sulfide) groups is 2. The van der Waals surface area contributed by atoms with Crippen molar-refractivity contribution in [1.29, 1.82) is 0 Å². The average Bonchev–Trinajstić information content (AvgIpc) is 2.46. The van der Waals surface area contributed by atoms with E-state index in [9.17, 15) is 4.39 Å². The van der Waals surface area contributed by atoms with Crippen LogP contribution in [0.15, 0.2) is 58.3 Å². The molecule has 2 aromatic carbocycles. The van der Waals surface area contributed by atoms with Gasteiger partial charge in [-0.1, -0.05) is 89.3 Å². The van der Waals surface area contributed by atoms with Crippen LogP contribution in [0.5, 0.6) is 0 Å². The fraction of sp³-hybridized carbons (Fsp3) is 0.429. The smallest absolute Gasteiger partial charge is 0.200 e. The highest BCUT2D eigenvalue weighted by atomic mass is 32.2. The molecule has 0 amide bonds. The summed E-state index contributed by atoms with van der Waals surface area (Å²) in [7, 11) is 0. The Morgan fingerprint density at radius 1 is 0.625 bits per heavy atom. The minimum atomic E-state index is -1.01. The number of alkyl halides is 1. The van der Waals surface area contributed by atoms with Crippen molar-refractivity contribution >= 4 is 23.5 Å². The van der Waals surface area contributed by atoms with Crippen LogP contribution >= 0.6 is 23.5 Å². The molecule has 0 saturated heterocycles. The third kappa shape index (κ3) is 5.56. The first-order chi connectivity index (χ1) is 11.1. The van der Waals surface area contributed by atoms with Crippen LogP contribution in [0.4, 0.5) is 4.39 Å². The summed E-state index contributed by atoms with van der Waals surface area (Å²) in [6.07, 6.45) is 0. The van der Waals surface area contributed by atoms with E-state index in [1.54, 1.807) is 0 Å². The van der Waals surface area contributed by atoms with Crippen molar-refractivity contribution in [3.63, 3.8) is 0 Å². The molecule has 0 aliphatic rings. The quantitative estimate of drug-likeness (QED) is 0.410. The van der Waals surface area contributed by atoms with Gasteiger partial charge in [0.05, 0.1) is 0 Å². The summed E-state index contributed by atoms with van der Waals surface area (Å²) in [6.45, 7) is 13.1. The van der Waals surface area contributed by atoms with Crippen molar-refractivity contribution in [1.82, 2.24) is 0 Å². The van der Waals surface area contributed by atoms with Crippen LogP contribution in [0.1, 0.15) is 52.7 Å². The Labute approximate surface area is 154 Å². The highest BCUT2D eigenvalue weighted by Gasteiger charge is 2.16. The first-order valence-electron chi connectivity index (χ1n) is 8.24. The third-order valence-corrected chi connectivity index (χ3v) is 5.93. The first kappa shape index (κ1) is 19.4. The standard InChI is InChI=1S/C21H27FS2/c1-20(2,3)15-7-11-17(12-8-15)23-19(22)24-18-13-9-16(10-14-18)21(4,5)6/h7-14,19H,1-6H3.